The number of hydrogen-bond acceptors (Lipinski definition) is 4. The number of hydrogen-bond donors (Lipinski definition) is 2. The van der Waals surface area contributed by atoms with E-state index in [1.54, 1.807) is 6.92 Å². The number of aryl methyl sites for hydroxylation is 1. The number of carbonyl (C=O) groups excluding carboxylic acids is 1. The van der Waals surface area contributed by atoms with Gasteiger partial charge in [0.2, 0.25) is 5.91 Å². The second-order valence-electron chi connectivity index (χ2n) is 3.56. The molecule has 1 heterocycles. The van der Waals surface area contributed by atoms with Gasteiger partial charge in [-0.3, -0.25) is 4.79 Å². The van der Waals surface area contributed by atoms with Crippen LogP contribution in [0.2, 0.25) is 0 Å². The van der Waals surface area contributed by atoms with Crippen molar-refractivity contribution in [1.29, 1.82) is 0 Å². The minimum absolute atomic E-state index is 0.0379. The van der Waals surface area contributed by atoms with Crippen molar-refractivity contribution in [2.45, 2.75) is 32.2 Å². The summed E-state index contributed by atoms with van der Waals surface area (Å²) in [4.78, 5) is 16.4. The first-order chi connectivity index (χ1) is 6.65. The molecule has 1 aromatic rings. The Hall–Kier alpha value is -1.10. The van der Waals surface area contributed by atoms with Crippen LogP contribution in [0.4, 0.5) is 5.13 Å². The third kappa shape index (κ3) is 1.87. The summed E-state index contributed by atoms with van der Waals surface area (Å²) in [6.45, 7) is 1.55. The lowest BCUT2D eigenvalue weighted by molar-refractivity contribution is -0.119. The number of thiazole rings is 1. The number of nitrogens with one attached hydrogen (secondary N) is 1. The number of carbonyl (C=O) groups is 1. The highest BCUT2D eigenvalue weighted by Crippen LogP contribution is 2.27. The topological polar surface area (TPSA) is 68.0 Å². The summed E-state index contributed by atoms with van der Waals surface area (Å²) in [7, 11) is 0. The number of nitrogens with zero attached hydrogens (tertiary/aromatic N) is 1. The average molecular weight is 211 g/mol. The van der Waals surface area contributed by atoms with E-state index < -0.39 is 0 Å². The highest BCUT2D eigenvalue weighted by atomic mass is 32.1. The lowest BCUT2D eigenvalue weighted by Crippen LogP contribution is -2.37. The molecule has 14 heavy (non-hydrogen) atoms. The largest absolute Gasteiger partial charge is 0.375 e. The monoisotopic (exact) mass is 211 g/mol. The number of nitrogen functional groups attached to an aromatic ring is 1. The van der Waals surface area contributed by atoms with E-state index in [9.17, 15) is 4.79 Å². The van der Waals surface area contributed by atoms with Crippen molar-refractivity contribution in [2.24, 2.45) is 0 Å². The molecule has 0 saturated heterocycles. The van der Waals surface area contributed by atoms with Gasteiger partial charge in [0, 0.05) is 24.3 Å². The molecule has 1 aromatic heterocycles. The maximum Gasteiger partial charge on any atom is 0.217 e. The van der Waals surface area contributed by atoms with Gasteiger partial charge in [0.25, 0.3) is 0 Å². The SMILES string of the molecule is CC(=O)N[C@H]1CCc2nc(N)sc2C1. The number of anilines is 1. The highest BCUT2D eigenvalue weighted by molar-refractivity contribution is 7.15. The van der Waals surface area contributed by atoms with Crippen LogP contribution in [-0.4, -0.2) is 16.9 Å². The van der Waals surface area contributed by atoms with Crippen molar-refractivity contribution >= 4 is 22.4 Å². The first kappa shape index (κ1) is 9.45. The molecule has 1 atom stereocenters. The molecule has 0 aromatic carbocycles. The van der Waals surface area contributed by atoms with E-state index in [1.165, 1.54) is 16.2 Å². The van der Waals surface area contributed by atoms with Crippen molar-refractivity contribution < 1.29 is 4.79 Å². The van der Waals surface area contributed by atoms with E-state index in [4.69, 9.17) is 5.73 Å². The van der Waals surface area contributed by atoms with Gasteiger partial charge in [-0.15, -0.1) is 11.3 Å². The van der Waals surface area contributed by atoms with Crippen molar-refractivity contribution in [3.8, 4) is 0 Å². The molecule has 0 spiro atoms. The van der Waals surface area contributed by atoms with Gasteiger partial charge in [0.15, 0.2) is 5.13 Å². The van der Waals surface area contributed by atoms with Gasteiger partial charge < -0.3 is 11.1 Å². The van der Waals surface area contributed by atoms with Gasteiger partial charge >= 0.3 is 0 Å². The normalized spacial score (nSPS) is 20.2. The van der Waals surface area contributed by atoms with Crippen LogP contribution in [0.25, 0.3) is 0 Å². The maximum absolute atomic E-state index is 10.9. The van der Waals surface area contributed by atoms with Gasteiger partial charge in [-0.2, -0.15) is 0 Å². The first-order valence-electron chi connectivity index (χ1n) is 4.66. The van der Waals surface area contributed by atoms with E-state index in [2.05, 4.69) is 10.3 Å². The lowest BCUT2D eigenvalue weighted by atomic mass is 9.98. The minimum atomic E-state index is 0.0379. The van der Waals surface area contributed by atoms with Crippen LogP contribution in [0.5, 0.6) is 0 Å². The summed E-state index contributed by atoms with van der Waals surface area (Å²) >= 11 is 1.54. The summed E-state index contributed by atoms with van der Waals surface area (Å²) in [6.07, 6.45) is 2.77. The van der Waals surface area contributed by atoms with Crippen LogP contribution in [0.15, 0.2) is 0 Å². The zero-order chi connectivity index (χ0) is 10.1. The zero-order valence-electron chi connectivity index (χ0n) is 8.04. The van der Waals surface area contributed by atoms with E-state index in [0.29, 0.717) is 5.13 Å². The van der Waals surface area contributed by atoms with Gasteiger partial charge in [-0.25, -0.2) is 4.98 Å². The van der Waals surface area contributed by atoms with Crippen molar-refractivity contribution in [3.05, 3.63) is 10.6 Å². The summed E-state index contributed by atoms with van der Waals surface area (Å²) in [5.74, 6) is 0.0379. The van der Waals surface area contributed by atoms with Gasteiger partial charge in [0.1, 0.15) is 0 Å². The Morgan fingerprint density at radius 2 is 2.50 bits per heavy atom. The molecule has 1 aliphatic rings. The fourth-order valence-electron chi connectivity index (χ4n) is 1.81. The van der Waals surface area contributed by atoms with E-state index in [1.807, 2.05) is 0 Å². The molecular formula is C9H13N3OS. The standard InChI is InChI=1S/C9H13N3OS/c1-5(13)11-6-2-3-7-8(4-6)14-9(10)12-7/h6H,2-4H2,1H3,(H2,10,12)(H,11,13)/t6-/m0/s1. The maximum atomic E-state index is 10.9. The van der Waals surface area contributed by atoms with Crippen LogP contribution in [0.1, 0.15) is 23.9 Å². The smallest absolute Gasteiger partial charge is 0.217 e. The van der Waals surface area contributed by atoms with Crippen LogP contribution < -0.4 is 11.1 Å². The number of rotatable bonds is 1. The fraction of sp³-hybridized carbons (Fsp3) is 0.556. The zero-order valence-corrected chi connectivity index (χ0v) is 8.86. The average Bonchev–Trinajstić information content (AvgIpc) is 2.42. The molecule has 76 valence electrons. The van der Waals surface area contributed by atoms with Crippen molar-refractivity contribution in [1.82, 2.24) is 10.3 Å². The predicted octanol–water partition coefficient (Wildman–Crippen LogP) is 0.719. The predicted molar refractivity (Wildman–Crippen MR) is 56.2 cm³/mol. The summed E-state index contributed by atoms with van der Waals surface area (Å²) in [5.41, 5.74) is 6.74. The fourth-order valence-corrected chi connectivity index (χ4v) is 2.76. The minimum Gasteiger partial charge on any atom is -0.375 e. The molecule has 4 nitrogen and oxygen atoms in total. The van der Waals surface area contributed by atoms with Crippen LogP contribution in [0, 0.1) is 0 Å². The Balaban J connectivity index is 2.09. The number of fused-ring (bicyclic) bond motifs is 1. The van der Waals surface area contributed by atoms with Crippen molar-refractivity contribution in [2.75, 3.05) is 5.73 Å². The Morgan fingerprint density at radius 3 is 3.21 bits per heavy atom. The molecule has 3 N–H and O–H groups in total. The van der Waals surface area contributed by atoms with E-state index >= 15 is 0 Å². The molecule has 0 radical (unpaired) electrons. The van der Waals surface area contributed by atoms with E-state index in [-0.39, 0.29) is 11.9 Å². The van der Waals surface area contributed by atoms with Gasteiger partial charge in [-0.1, -0.05) is 0 Å². The molecule has 1 aliphatic carbocycles. The third-order valence-electron chi connectivity index (χ3n) is 2.36. The summed E-state index contributed by atoms with van der Waals surface area (Å²) in [6, 6.07) is 0.264. The molecule has 5 heteroatoms. The third-order valence-corrected chi connectivity index (χ3v) is 3.31. The molecule has 0 aliphatic heterocycles. The molecule has 2 rings (SSSR count). The summed E-state index contributed by atoms with van der Waals surface area (Å²) < 4.78 is 0. The molecule has 0 unspecified atom stereocenters. The number of amides is 1. The second-order valence-corrected chi connectivity index (χ2v) is 4.68. The van der Waals surface area contributed by atoms with Crippen LogP contribution >= 0.6 is 11.3 Å². The Bertz CT molecular complexity index is 361. The quantitative estimate of drug-likeness (QED) is 0.719. The molecule has 1 amide bonds. The first-order valence-corrected chi connectivity index (χ1v) is 5.48. The lowest BCUT2D eigenvalue weighted by Gasteiger charge is -2.21. The highest BCUT2D eigenvalue weighted by Gasteiger charge is 2.22. The summed E-state index contributed by atoms with van der Waals surface area (Å²) in [5, 5.41) is 3.57. The Morgan fingerprint density at radius 1 is 1.71 bits per heavy atom. The van der Waals surface area contributed by atoms with Gasteiger partial charge in [0.05, 0.1) is 5.69 Å². The molecule has 0 bridgehead atoms. The molecule has 0 saturated carbocycles. The molecule has 0 fully saturated rings. The number of aromatic nitrogens is 1. The van der Waals surface area contributed by atoms with E-state index in [0.717, 1.165) is 25.0 Å². The Labute approximate surface area is 86.5 Å². The van der Waals surface area contributed by atoms with Crippen LogP contribution in [-0.2, 0) is 17.6 Å². The number of nitrogens with two attached hydrogens (primary N) is 1. The Kier molecular flexibility index (Phi) is 2.41. The van der Waals surface area contributed by atoms with Crippen molar-refractivity contribution in [3.63, 3.8) is 0 Å². The van der Waals surface area contributed by atoms with Crippen LogP contribution in [0.3, 0.4) is 0 Å². The second kappa shape index (κ2) is 3.57. The molecular weight excluding hydrogens is 198 g/mol. The van der Waals surface area contributed by atoms with Gasteiger partial charge in [-0.05, 0) is 12.8 Å².